The number of carbonyl (C=O) groups excluding carboxylic acids is 1. The molecule has 0 unspecified atom stereocenters. The van der Waals surface area contributed by atoms with Crippen molar-refractivity contribution in [3.63, 3.8) is 0 Å². The van der Waals surface area contributed by atoms with Crippen LogP contribution in [-0.2, 0) is 11.8 Å². The topological polar surface area (TPSA) is 123 Å². The number of anilines is 2. The molecule has 158 valence electrons. The molecule has 0 spiro atoms. The number of aryl methyl sites for hydroxylation is 1. The van der Waals surface area contributed by atoms with E-state index in [0.717, 1.165) is 17.4 Å². The van der Waals surface area contributed by atoms with Gasteiger partial charge in [-0.05, 0) is 53.6 Å². The van der Waals surface area contributed by atoms with Crippen molar-refractivity contribution in [2.75, 3.05) is 11.1 Å². The molecular weight excluding hydrogens is 426 g/mol. The van der Waals surface area contributed by atoms with Crippen LogP contribution in [0.1, 0.15) is 23.5 Å². The first-order chi connectivity index (χ1) is 15.4. The van der Waals surface area contributed by atoms with Crippen LogP contribution in [-0.4, -0.2) is 25.7 Å². The number of hydrogen-bond acceptors (Lipinski definition) is 6. The predicted molar refractivity (Wildman–Crippen MR) is 122 cm³/mol. The lowest BCUT2D eigenvalue weighted by atomic mass is 10.1. The second-order valence-electron chi connectivity index (χ2n) is 7.88. The van der Waals surface area contributed by atoms with Gasteiger partial charge in [0.1, 0.15) is 11.6 Å². The number of fused-ring (bicyclic) bond motifs is 1. The Morgan fingerprint density at radius 2 is 2.16 bits per heavy atom. The first-order valence-electron chi connectivity index (χ1n) is 9.98. The summed E-state index contributed by atoms with van der Waals surface area (Å²) >= 11 is 6.33. The van der Waals surface area contributed by atoms with E-state index in [0.29, 0.717) is 38.9 Å². The van der Waals surface area contributed by atoms with Gasteiger partial charge in [0.15, 0.2) is 0 Å². The highest BCUT2D eigenvalue weighted by Gasteiger charge is 2.44. The number of hydrogen-bond donors (Lipinski definition) is 2. The van der Waals surface area contributed by atoms with Gasteiger partial charge in [-0.15, -0.1) is 0 Å². The van der Waals surface area contributed by atoms with Gasteiger partial charge in [0.05, 0.1) is 28.5 Å². The van der Waals surface area contributed by atoms with E-state index >= 15 is 0 Å². The van der Waals surface area contributed by atoms with Gasteiger partial charge in [-0.1, -0.05) is 11.6 Å². The molecule has 0 saturated heterocycles. The summed E-state index contributed by atoms with van der Waals surface area (Å²) in [4.78, 5) is 21.5. The largest absolute Gasteiger partial charge is 0.383 e. The van der Waals surface area contributed by atoms with Gasteiger partial charge in [0.2, 0.25) is 5.91 Å². The Morgan fingerprint density at radius 3 is 2.91 bits per heavy atom. The zero-order valence-electron chi connectivity index (χ0n) is 17.1. The van der Waals surface area contributed by atoms with Crippen molar-refractivity contribution in [2.45, 2.75) is 12.3 Å². The van der Waals surface area contributed by atoms with Gasteiger partial charge in [0, 0.05) is 36.3 Å². The Balaban J connectivity index is 1.42. The molecule has 3 N–H and O–H groups in total. The lowest BCUT2D eigenvalue weighted by molar-refractivity contribution is -0.117. The molecular formula is C23H18ClN7O. The van der Waals surface area contributed by atoms with Gasteiger partial charge in [-0.25, -0.2) is 9.97 Å². The molecule has 1 fully saturated rings. The number of amides is 1. The minimum atomic E-state index is -0.0951. The number of pyridine rings is 2. The average Bonchev–Trinajstić information content (AvgIpc) is 3.47. The zero-order chi connectivity index (χ0) is 22.4. The van der Waals surface area contributed by atoms with Crippen LogP contribution in [0, 0.1) is 17.2 Å². The van der Waals surface area contributed by atoms with Crippen molar-refractivity contribution >= 4 is 39.9 Å². The van der Waals surface area contributed by atoms with E-state index < -0.39 is 0 Å². The molecule has 1 saturated carbocycles. The lowest BCUT2D eigenvalue weighted by Crippen LogP contribution is -2.15. The second kappa shape index (κ2) is 7.62. The molecule has 32 heavy (non-hydrogen) atoms. The fourth-order valence-electron chi connectivity index (χ4n) is 3.88. The van der Waals surface area contributed by atoms with Crippen LogP contribution in [0.5, 0.6) is 0 Å². The van der Waals surface area contributed by atoms with E-state index in [1.165, 1.54) is 0 Å². The molecule has 0 aliphatic heterocycles. The van der Waals surface area contributed by atoms with E-state index in [1.54, 1.807) is 41.3 Å². The molecule has 2 atom stereocenters. The van der Waals surface area contributed by atoms with Gasteiger partial charge < -0.3 is 11.1 Å². The molecule has 8 nitrogen and oxygen atoms in total. The molecule has 9 heteroatoms. The molecule has 3 aromatic heterocycles. The van der Waals surface area contributed by atoms with E-state index in [2.05, 4.69) is 26.5 Å². The van der Waals surface area contributed by atoms with Crippen molar-refractivity contribution in [3.05, 3.63) is 65.1 Å². The highest BCUT2D eigenvalue weighted by molar-refractivity contribution is 6.33. The second-order valence-corrected chi connectivity index (χ2v) is 8.28. The normalized spacial score (nSPS) is 17.2. The van der Waals surface area contributed by atoms with E-state index in [-0.39, 0.29) is 17.7 Å². The maximum atomic E-state index is 12.7. The number of nitrogens with two attached hydrogens (primary N) is 1. The van der Waals surface area contributed by atoms with Crippen LogP contribution >= 0.6 is 11.6 Å². The Bertz CT molecular complexity index is 1420. The van der Waals surface area contributed by atoms with Crippen molar-refractivity contribution in [1.29, 1.82) is 5.26 Å². The number of aromatic nitrogens is 4. The van der Waals surface area contributed by atoms with Crippen molar-refractivity contribution in [2.24, 2.45) is 13.0 Å². The van der Waals surface area contributed by atoms with Gasteiger partial charge in [-0.3, -0.25) is 9.48 Å². The Hall–Kier alpha value is -3.96. The Kier molecular flexibility index (Phi) is 4.76. The fourth-order valence-corrected chi connectivity index (χ4v) is 4.09. The molecule has 1 aliphatic carbocycles. The number of nitrogens with zero attached hydrogens (tertiary/aromatic N) is 5. The number of nitriles is 1. The van der Waals surface area contributed by atoms with E-state index in [4.69, 9.17) is 17.3 Å². The third kappa shape index (κ3) is 3.63. The van der Waals surface area contributed by atoms with E-state index in [9.17, 15) is 10.1 Å². The summed E-state index contributed by atoms with van der Waals surface area (Å²) in [5.74, 6) is 0.748. The first-order valence-corrected chi connectivity index (χ1v) is 10.4. The number of benzene rings is 1. The number of carbonyl (C=O) groups is 1. The van der Waals surface area contributed by atoms with Crippen LogP contribution in [0.25, 0.3) is 22.0 Å². The lowest BCUT2D eigenvalue weighted by Gasteiger charge is -2.10. The number of halogens is 1. The summed E-state index contributed by atoms with van der Waals surface area (Å²) in [5, 5.41) is 18.2. The fraction of sp³-hybridized carbons (Fsp3) is 0.174. The molecule has 1 aromatic carbocycles. The maximum absolute atomic E-state index is 12.7. The molecule has 5 rings (SSSR count). The van der Waals surface area contributed by atoms with Crippen LogP contribution < -0.4 is 11.1 Å². The average molecular weight is 444 g/mol. The van der Waals surface area contributed by atoms with Crippen LogP contribution in [0.4, 0.5) is 11.6 Å². The van der Waals surface area contributed by atoms with Gasteiger partial charge >= 0.3 is 0 Å². The third-order valence-electron chi connectivity index (χ3n) is 5.65. The van der Waals surface area contributed by atoms with Crippen LogP contribution in [0.15, 0.2) is 48.9 Å². The zero-order valence-corrected chi connectivity index (χ0v) is 17.8. The van der Waals surface area contributed by atoms with Gasteiger partial charge in [-0.2, -0.15) is 10.4 Å². The summed E-state index contributed by atoms with van der Waals surface area (Å²) in [6.45, 7) is 0. The SMILES string of the molecule is Cn1cc([C@H]2C[C@@H]2C(=O)Nc2cc3cc(-c4cc(C#N)ccc4Cl)nc(N)c3cn2)cn1. The summed E-state index contributed by atoms with van der Waals surface area (Å²) in [6.07, 6.45) is 6.13. The Labute approximate surface area is 188 Å². The monoisotopic (exact) mass is 443 g/mol. The minimum absolute atomic E-state index is 0.0716. The first kappa shape index (κ1) is 20.0. The van der Waals surface area contributed by atoms with E-state index in [1.807, 2.05) is 19.3 Å². The number of nitrogens with one attached hydrogen (secondary N) is 1. The highest BCUT2D eigenvalue weighted by Crippen LogP contribution is 2.47. The highest BCUT2D eigenvalue weighted by atomic mass is 35.5. The van der Waals surface area contributed by atoms with Crippen LogP contribution in [0.3, 0.4) is 0 Å². The third-order valence-corrected chi connectivity index (χ3v) is 5.98. The number of nitrogen functional groups attached to an aromatic ring is 1. The van der Waals surface area contributed by atoms with Crippen LogP contribution in [0.2, 0.25) is 5.02 Å². The van der Waals surface area contributed by atoms with Crippen molar-refractivity contribution < 1.29 is 4.79 Å². The number of rotatable bonds is 4. The molecule has 1 amide bonds. The predicted octanol–water partition coefficient (Wildman–Crippen LogP) is 3.88. The minimum Gasteiger partial charge on any atom is -0.383 e. The smallest absolute Gasteiger partial charge is 0.229 e. The summed E-state index contributed by atoms with van der Waals surface area (Å²) < 4.78 is 1.74. The summed E-state index contributed by atoms with van der Waals surface area (Å²) in [5.41, 5.74) is 8.85. The molecule has 0 radical (unpaired) electrons. The maximum Gasteiger partial charge on any atom is 0.229 e. The van der Waals surface area contributed by atoms with Gasteiger partial charge in [0.25, 0.3) is 0 Å². The summed E-state index contributed by atoms with van der Waals surface area (Å²) in [7, 11) is 1.86. The summed E-state index contributed by atoms with van der Waals surface area (Å²) in [6, 6.07) is 10.7. The molecule has 1 aliphatic rings. The van der Waals surface area contributed by atoms with Crippen molar-refractivity contribution in [3.8, 4) is 17.3 Å². The quantitative estimate of drug-likeness (QED) is 0.493. The molecule has 4 aromatic rings. The Morgan fingerprint density at radius 1 is 1.31 bits per heavy atom. The molecule has 0 bridgehead atoms. The standard InChI is InChI=1S/C23H18ClN7O/c1-31-11-14(9-28-31)15-7-16(15)23(32)30-21-6-13-5-20(29-22(26)18(13)10-27-21)17-4-12(8-25)2-3-19(17)24/h2-6,9-11,15-16H,7H2,1H3,(H2,26,29)(H,27,30,32)/t15-,16+/m1/s1. The molecule has 3 heterocycles. The van der Waals surface area contributed by atoms with Crippen molar-refractivity contribution in [1.82, 2.24) is 19.7 Å².